The monoisotopic (exact) mass is 206 g/mol. The first kappa shape index (κ1) is 9.68. The molecule has 0 aromatic carbocycles. The SMILES string of the molecule is NS(=O)(=O)Cc1ccc([N+](=O)[O-])o1. The van der Waals surface area contributed by atoms with Gasteiger partial charge in [-0.3, -0.25) is 10.1 Å². The molecule has 0 bridgehead atoms. The van der Waals surface area contributed by atoms with Crippen molar-refractivity contribution in [3.05, 3.63) is 28.0 Å². The molecule has 8 heteroatoms. The summed E-state index contributed by atoms with van der Waals surface area (Å²) in [5, 5.41) is 14.8. The van der Waals surface area contributed by atoms with Crippen LogP contribution in [-0.4, -0.2) is 13.3 Å². The van der Waals surface area contributed by atoms with E-state index in [4.69, 9.17) is 5.14 Å². The summed E-state index contributed by atoms with van der Waals surface area (Å²) in [4.78, 5) is 9.35. The zero-order valence-corrected chi connectivity index (χ0v) is 7.15. The number of hydrogen-bond acceptors (Lipinski definition) is 5. The van der Waals surface area contributed by atoms with Crippen LogP contribution in [0.3, 0.4) is 0 Å². The average molecular weight is 206 g/mol. The molecule has 7 nitrogen and oxygen atoms in total. The second kappa shape index (κ2) is 3.15. The summed E-state index contributed by atoms with van der Waals surface area (Å²) in [6.45, 7) is 0. The zero-order chi connectivity index (χ0) is 10.1. The molecular weight excluding hydrogens is 200 g/mol. The molecule has 0 aliphatic rings. The second-order valence-corrected chi connectivity index (χ2v) is 3.92. The third-order valence-electron chi connectivity index (χ3n) is 1.17. The van der Waals surface area contributed by atoms with Gasteiger partial charge in [0.15, 0.2) is 0 Å². The van der Waals surface area contributed by atoms with Crippen LogP contribution in [0.2, 0.25) is 0 Å². The molecule has 0 aliphatic heterocycles. The van der Waals surface area contributed by atoms with Gasteiger partial charge in [0.1, 0.15) is 16.4 Å². The maximum atomic E-state index is 10.5. The molecule has 0 atom stereocenters. The van der Waals surface area contributed by atoms with Gasteiger partial charge in [0.25, 0.3) is 0 Å². The summed E-state index contributed by atoms with van der Waals surface area (Å²) < 4.78 is 25.6. The molecule has 13 heavy (non-hydrogen) atoms. The Labute approximate surface area is 73.3 Å². The van der Waals surface area contributed by atoms with Crippen molar-refractivity contribution >= 4 is 15.9 Å². The molecule has 2 N–H and O–H groups in total. The highest BCUT2D eigenvalue weighted by Gasteiger charge is 2.15. The number of furan rings is 1. The fourth-order valence-electron chi connectivity index (χ4n) is 0.741. The third kappa shape index (κ3) is 2.84. The lowest BCUT2D eigenvalue weighted by atomic mass is 10.5. The van der Waals surface area contributed by atoms with Gasteiger partial charge >= 0.3 is 5.88 Å². The fraction of sp³-hybridized carbons (Fsp3) is 0.200. The van der Waals surface area contributed by atoms with Crippen molar-refractivity contribution in [2.75, 3.05) is 0 Å². The van der Waals surface area contributed by atoms with Gasteiger partial charge in [0.2, 0.25) is 10.0 Å². The number of nitro groups is 1. The van der Waals surface area contributed by atoms with Crippen molar-refractivity contribution in [3.8, 4) is 0 Å². The molecule has 72 valence electrons. The van der Waals surface area contributed by atoms with Crippen molar-refractivity contribution in [3.63, 3.8) is 0 Å². The van der Waals surface area contributed by atoms with Crippen molar-refractivity contribution in [2.45, 2.75) is 5.75 Å². The predicted octanol–water partition coefficient (Wildman–Crippen LogP) is -0.0237. The van der Waals surface area contributed by atoms with E-state index in [9.17, 15) is 18.5 Å². The van der Waals surface area contributed by atoms with E-state index >= 15 is 0 Å². The van der Waals surface area contributed by atoms with Crippen LogP contribution in [0.5, 0.6) is 0 Å². The molecule has 0 saturated carbocycles. The van der Waals surface area contributed by atoms with Crippen LogP contribution < -0.4 is 5.14 Å². The molecule has 0 saturated heterocycles. The van der Waals surface area contributed by atoms with Crippen LogP contribution in [0.15, 0.2) is 16.5 Å². The van der Waals surface area contributed by atoms with E-state index in [-0.39, 0.29) is 5.76 Å². The first-order valence-corrected chi connectivity index (χ1v) is 4.83. The number of primary sulfonamides is 1. The van der Waals surface area contributed by atoms with Gasteiger partial charge in [0, 0.05) is 0 Å². The van der Waals surface area contributed by atoms with E-state index in [0.717, 1.165) is 6.07 Å². The van der Waals surface area contributed by atoms with E-state index in [1.54, 1.807) is 0 Å². The lowest BCUT2D eigenvalue weighted by Gasteiger charge is -1.91. The first-order chi connectivity index (χ1) is 5.88. The largest absolute Gasteiger partial charge is 0.433 e. The molecule has 1 aromatic heterocycles. The Morgan fingerprint density at radius 1 is 1.54 bits per heavy atom. The van der Waals surface area contributed by atoms with E-state index in [2.05, 4.69) is 4.42 Å². The van der Waals surface area contributed by atoms with Gasteiger partial charge in [-0.2, -0.15) is 0 Å². The van der Waals surface area contributed by atoms with E-state index < -0.39 is 26.6 Å². The Kier molecular flexibility index (Phi) is 2.34. The van der Waals surface area contributed by atoms with Gasteiger partial charge in [0.05, 0.1) is 6.07 Å². The van der Waals surface area contributed by atoms with Gasteiger partial charge in [-0.05, 0) is 6.07 Å². The molecule has 0 radical (unpaired) electrons. The molecule has 1 aromatic rings. The van der Waals surface area contributed by atoms with Crippen molar-refractivity contribution < 1.29 is 17.8 Å². The lowest BCUT2D eigenvalue weighted by molar-refractivity contribution is -0.402. The highest BCUT2D eigenvalue weighted by atomic mass is 32.2. The van der Waals surface area contributed by atoms with Crippen molar-refractivity contribution in [1.29, 1.82) is 0 Å². The minimum atomic E-state index is -3.71. The summed E-state index contributed by atoms with van der Waals surface area (Å²) >= 11 is 0. The molecule has 0 fully saturated rings. The van der Waals surface area contributed by atoms with Crippen molar-refractivity contribution in [1.82, 2.24) is 0 Å². The van der Waals surface area contributed by atoms with E-state index in [1.807, 2.05) is 0 Å². The molecule has 0 aliphatic carbocycles. The number of nitrogens with zero attached hydrogens (tertiary/aromatic N) is 1. The highest BCUT2D eigenvalue weighted by molar-refractivity contribution is 7.88. The highest BCUT2D eigenvalue weighted by Crippen LogP contribution is 2.16. The molecule has 0 spiro atoms. The van der Waals surface area contributed by atoms with Crippen LogP contribution in [0.25, 0.3) is 0 Å². The molecule has 0 amide bonds. The van der Waals surface area contributed by atoms with Crippen LogP contribution in [0.1, 0.15) is 5.76 Å². The van der Waals surface area contributed by atoms with Gasteiger partial charge in [-0.1, -0.05) is 0 Å². The second-order valence-electron chi connectivity index (χ2n) is 2.30. The van der Waals surface area contributed by atoms with E-state index in [0.29, 0.717) is 0 Å². The lowest BCUT2D eigenvalue weighted by Crippen LogP contribution is -2.13. The van der Waals surface area contributed by atoms with Crippen LogP contribution in [0.4, 0.5) is 5.88 Å². The van der Waals surface area contributed by atoms with Gasteiger partial charge in [-0.15, -0.1) is 0 Å². The number of nitrogens with two attached hydrogens (primary N) is 1. The minimum Gasteiger partial charge on any atom is -0.405 e. The third-order valence-corrected chi connectivity index (χ3v) is 1.86. The Morgan fingerprint density at radius 3 is 2.54 bits per heavy atom. The summed E-state index contributed by atoms with van der Waals surface area (Å²) in [5.41, 5.74) is 0. The van der Waals surface area contributed by atoms with Crippen LogP contribution in [-0.2, 0) is 15.8 Å². The quantitative estimate of drug-likeness (QED) is 0.550. The van der Waals surface area contributed by atoms with Gasteiger partial charge < -0.3 is 4.42 Å². The standard InChI is InChI=1S/C5H6N2O5S/c6-13(10,11)3-4-1-2-5(12-4)7(8)9/h1-2H,3H2,(H2,6,10,11). The number of hydrogen-bond donors (Lipinski definition) is 1. The summed E-state index contributed by atoms with van der Waals surface area (Å²) in [6.07, 6.45) is 0. The predicted molar refractivity (Wildman–Crippen MR) is 42.2 cm³/mol. The van der Waals surface area contributed by atoms with E-state index in [1.165, 1.54) is 6.07 Å². The Bertz CT molecular complexity index is 420. The number of rotatable bonds is 3. The summed E-state index contributed by atoms with van der Waals surface area (Å²) in [6, 6.07) is 2.27. The maximum Gasteiger partial charge on any atom is 0.433 e. The zero-order valence-electron chi connectivity index (χ0n) is 6.34. The fourth-order valence-corrected chi connectivity index (χ4v) is 1.29. The Balaban J connectivity index is 2.87. The average Bonchev–Trinajstić information content (AvgIpc) is 2.31. The maximum absolute atomic E-state index is 10.5. The Hall–Kier alpha value is -1.41. The number of sulfonamides is 1. The van der Waals surface area contributed by atoms with Crippen molar-refractivity contribution in [2.24, 2.45) is 5.14 Å². The minimum absolute atomic E-state index is 0.0470. The molecule has 1 rings (SSSR count). The summed E-state index contributed by atoms with van der Waals surface area (Å²) in [7, 11) is -3.71. The normalized spacial score (nSPS) is 11.5. The van der Waals surface area contributed by atoms with Crippen LogP contribution in [0, 0.1) is 10.1 Å². The first-order valence-electron chi connectivity index (χ1n) is 3.12. The molecule has 1 heterocycles. The molecule has 0 unspecified atom stereocenters. The summed E-state index contributed by atoms with van der Waals surface area (Å²) in [5.74, 6) is -1.09. The van der Waals surface area contributed by atoms with Crippen LogP contribution >= 0.6 is 0 Å². The smallest absolute Gasteiger partial charge is 0.405 e. The Morgan fingerprint density at radius 2 is 2.15 bits per heavy atom. The topological polar surface area (TPSA) is 116 Å². The molecular formula is C5H6N2O5S. The van der Waals surface area contributed by atoms with Gasteiger partial charge in [-0.25, -0.2) is 13.6 Å².